The highest BCUT2D eigenvalue weighted by Gasteiger charge is 2.28. The van der Waals surface area contributed by atoms with Gasteiger partial charge in [0, 0.05) is 12.1 Å². The molecule has 3 aromatic carbocycles. The van der Waals surface area contributed by atoms with Gasteiger partial charge in [0.1, 0.15) is 12.4 Å². The third-order valence-corrected chi connectivity index (χ3v) is 7.69. The molecule has 0 unspecified atom stereocenters. The number of carbonyl (C=O) groups is 2. The Hall–Kier alpha value is -4.39. The zero-order valence-corrected chi connectivity index (χ0v) is 21.8. The van der Waals surface area contributed by atoms with Gasteiger partial charge in [0.25, 0.3) is 0 Å². The molecule has 2 fully saturated rings. The first-order valence-corrected chi connectivity index (χ1v) is 13.4. The topological polar surface area (TPSA) is 102 Å². The molecule has 1 aromatic heterocycles. The number of nitrogens with zero attached hydrogens (tertiary/aromatic N) is 2. The molecular formula is C32H30N2O5. The highest BCUT2D eigenvalue weighted by Crippen LogP contribution is 2.43. The van der Waals surface area contributed by atoms with E-state index < -0.39 is 11.9 Å². The van der Waals surface area contributed by atoms with E-state index in [1.807, 2.05) is 42.1 Å². The van der Waals surface area contributed by atoms with Crippen molar-refractivity contribution in [1.29, 1.82) is 0 Å². The van der Waals surface area contributed by atoms with Crippen molar-refractivity contribution in [1.82, 2.24) is 9.78 Å². The van der Waals surface area contributed by atoms with E-state index in [9.17, 15) is 19.8 Å². The molecule has 198 valence electrons. The summed E-state index contributed by atoms with van der Waals surface area (Å²) in [7, 11) is 0. The summed E-state index contributed by atoms with van der Waals surface area (Å²) in [5, 5.41) is 23.8. The minimum Gasteiger partial charge on any atom is -0.489 e. The van der Waals surface area contributed by atoms with Crippen molar-refractivity contribution >= 4 is 11.9 Å². The predicted octanol–water partition coefficient (Wildman–Crippen LogP) is 6.50. The van der Waals surface area contributed by atoms with E-state index in [4.69, 9.17) is 9.84 Å². The summed E-state index contributed by atoms with van der Waals surface area (Å²) in [6, 6.07) is 18.6. The molecule has 0 saturated heterocycles. The monoisotopic (exact) mass is 522 g/mol. The zero-order chi connectivity index (χ0) is 27.1. The molecule has 6 rings (SSSR count). The summed E-state index contributed by atoms with van der Waals surface area (Å²) < 4.78 is 8.29. The van der Waals surface area contributed by atoms with Gasteiger partial charge in [0.2, 0.25) is 0 Å². The van der Waals surface area contributed by atoms with Crippen molar-refractivity contribution in [2.75, 3.05) is 0 Å². The number of aryl methyl sites for hydroxylation is 1. The van der Waals surface area contributed by atoms with Crippen LogP contribution in [0.5, 0.6) is 5.75 Å². The highest BCUT2D eigenvalue weighted by molar-refractivity contribution is 5.95. The smallest absolute Gasteiger partial charge is 0.336 e. The third kappa shape index (κ3) is 5.30. The van der Waals surface area contributed by atoms with E-state index in [0.29, 0.717) is 30.4 Å². The SMILES string of the molecule is Cc1cc(-n2ccc(C3CC3)n2)ccc1OCc1c(Cc2ccc(C(=O)O)cc2C(=O)O)cccc1C1CC1. The number of hydrogen-bond donors (Lipinski definition) is 2. The van der Waals surface area contributed by atoms with Crippen molar-refractivity contribution in [3.63, 3.8) is 0 Å². The maximum atomic E-state index is 11.9. The first-order chi connectivity index (χ1) is 18.9. The average Bonchev–Trinajstić information content (AvgIpc) is 3.87. The fourth-order valence-corrected chi connectivity index (χ4v) is 5.21. The van der Waals surface area contributed by atoms with Gasteiger partial charge in [0.15, 0.2) is 0 Å². The van der Waals surface area contributed by atoms with Gasteiger partial charge < -0.3 is 14.9 Å². The van der Waals surface area contributed by atoms with E-state index in [1.165, 1.54) is 30.5 Å². The van der Waals surface area contributed by atoms with Crippen LogP contribution in [-0.2, 0) is 13.0 Å². The average molecular weight is 523 g/mol. The summed E-state index contributed by atoms with van der Waals surface area (Å²) in [6.07, 6.45) is 7.09. The Morgan fingerprint density at radius 1 is 0.923 bits per heavy atom. The summed E-state index contributed by atoms with van der Waals surface area (Å²) in [5.74, 6) is -0.396. The molecule has 2 saturated carbocycles. The number of carboxylic acids is 2. The molecule has 7 heteroatoms. The Balaban J connectivity index is 1.26. The Bertz CT molecular complexity index is 1580. The molecule has 0 amide bonds. The molecule has 0 bridgehead atoms. The van der Waals surface area contributed by atoms with Crippen molar-refractivity contribution in [2.24, 2.45) is 0 Å². The molecule has 0 radical (unpaired) electrons. The van der Waals surface area contributed by atoms with Gasteiger partial charge in [-0.1, -0.05) is 24.3 Å². The second kappa shape index (κ2) is 10.1. The molecule has 4 aromatic rings. The first kappa shape index (κ1) is 24.9. The van der Waals surface area contributed by atoms with Gasteiger partial charge in [0.05, 0.1) is 22.5 Å². The second-order valence-corrected chi connectivity index (χ2v) is 10.6. The zero-order valence-electron chi connectivity index (χ0n) is 21.8. The fraction of sp³-hybridized carbons (Fsp3) is 0.281. The number of aromatic carboxylic acids is 2. The summed E-state index contributed by atoms with van der Waals surface area (Å²) in [6.45, 7) is 2.40. The molecule has 0 aliphatic heterocycles. The Labute approximate surface area is 226 Å². The van der Waals surface area contributed by atoms with Crippen molar-refractivity contribution in [3.05, 3.63) is 111 Å². The summed E-state index contributed by atoms with van der Waals surface area (Å²) in [5.41, 5.74) is 7.01. The van der Waals surface area contributed by atoms with Gasteiger partial charge >= 0.3 is 11.9 Å². The highest BCUT2D eigenvalue weighted by atomic mass is 16.5. The van der Waals surface area contributed by atoms with Crippen LogP contribution < -0.4 is 4.74 Å². The van der Waals surface area contributed by atoms with Gasteiger partial charge in [-0.3, -0.25) is 0 Å². The standard InChI is InChI=1S/C32H30N2O5/c1-19-15-25(34-14-13-29(33-34)21-7-8-21)11-12-30(19)39-18-28-22(3-2-4-26(28)20-5-6-20)16-23-9-10-24(31(35)36)17-27(23)32(37)38/h2-4,9-15,17,20-21H,5-8,16,18H2,1H3,(H,35,36)(H,37,38). The van der Waals surface area contributed by atoms with Crippen LogP contribution in [0.2, 0.25) is 0 Å². The molecule has 2 aliphatic carbocycles. The van der Waals surface area contributed by atoms with Crippen LogP contribution in [0.15, 0.2) is 66.9 Å². The minimum absolute atomic E-state index is 0.00786. The van der Waals surface area contributed by atoms with Crippen LogP contribution in [0.3, 0.4) is 0 Å². The lowest BCUT2D eigenvalue weighted by atomic mass is 9.91. The first-order valence-electron chi connectivity index (χ1n) is 13.4. The third-order valence-electron chi connectivity index (χ3n) is 7.69. The van der Waals surface area contributed by atoms with Crippen molar-refractivity contribution < 1.29 is 24.5 Å². The molecular weight excluding hydrogens is 492 g/mol. The molecule has 2 aliphatic rings. The number of carboxylic acid groups (broad SMARTS) is 2. The van der Waals surface area contributed by atoms with E-state index in [2.05, 4.69) is 18.2 Å². The lowest BCUT2D eigenvalue weighted by Crippen LogP contribution is -2.10. The van der Waals surface area contributed by atoms with Crippen LogP contribution in [0.25, 0.3) is 5.69 Å². The van der Waals surface area contributed by atoms with E-state index in [1.54, 1.807) is 6.07 Å². The van der Waals surface area contributed by atoms with E-state index in [-0.39, 0.29) is 11.1 Å². The van der Waals surface area contributed by atoms with Gasteiger partial charge in [-0.05, 0) is 109 Å². The lowest BCUT2D eigenvalue weighted by molar-refractivity contribution is 0.0695. The van der Waals surface area contributed by atoms with Crippen LogP contribution in [0, 0.1) is 6.92 Å². The molecule has 0 spiro atoms. The summed E-state index contributed by atoms with van der Waals surface area (Å²) >= 11 is 0. The number of aromatic nitrogens is 2. The fourth-order valence-electron chi connectivity index (χ4n) is 5.21. The Morgan fingerprint density at radius 3 is 2.41 bits per heavy atom. The number of benzene rings is 3. The van der Waals surface area contributed by atoms with Crippen molar-refractivity contribution in [2.45, 2.75) is 57.5 Å². The van der Waals surface area contributed by atoms with Crippen LogP contribution in [0.1, 0.15) is 91.7 Å². The largest absolute Gasteiger partial charge is 0.489 e. The quantitative estimate of drug-likeness (QED) is 0.246. The number of rotatable bonds is 10. The lowest BCUT2D eigenvalue weighted by Gasteiger charge is -2.18. The maximum Gasteiger partial charge on any atom is 0.336 e. The van der Waals surface area contributed by atoms with E-state index in [0.717, 1.165) is 46.7 Å². The van der Waals surface area contributed by atoms with Crippen LogP contribution >= 0.6 is 0 Å². The van der Waals surface area contributed by atoms with E-state index >= 15 is 0 Å². The maximum absolute atomic E-state index is 11.9. The van der Waals surface area contributed by atoms with Crippen LogP contribution in [-0.4, -0.2) is 31.9 Å². The van der Waals surface area contributed by atoms with Gasteiger partial charge in [-0.2, -0.15) is 5.10 Å². The molecule has 2 N–H and O–H groups in total. The van der Waals surface area contributed by atoms with Crippen molar-refractivity contribution in [3.8, 4) is 11.4 Å². The summed E-state index contributed by atoms with van der Waals surface area (Å²) in [4.78, 5) is 23.3. The molecule has 7 nitrogen and oxygen atoms in total. The second-order valence-electron chi connectivity index (χ2n) is 10.6. The minimum atomic E-state index is -1.15. The molecule has 1 heterocycles. The molecule has 39 heavy (non-hydrogen) atoms. The van der Waals surface area contributed by atoms with Gasteiger partial charge in [-0.25, -0.2) is 14.3 Å². The van der Waals surface area contributed by atoms with Crippen LogP contribution in [0.4, 0.5) is 0 Å². The molecule has 0 atom stereocenters. The Morgan fingerprint density at radius 2 is 1.72 bits per heavy atom. The number of ether oxygens (including phenoxy) is 1. The van der Waals surface area contributed by atoms with Gasteiger partial charge in [-0.15, -0.1) is 0 Å². The Kier molecular flexibility index (Phi) is 6.43. The predicted molar refractivity (Wildman–Crippen MR) is 146 cm³/mol. The normalized spacial score (nSPS) is 14.8. The number of hydrogen-bond acceptors (Lipinski definition) is 4.